The van der Waals surface area contributed by atoms with Crippen molar-refractivity contribution >= 4 is 5.82 Å². The first-order chi connectivity index (χ1) is 9.71. The van der Waals surface area contributed by atoms with E-state index in [1.807, 2.05) is 13.0 Å². The third-order valence-electron chi connectivity index (χ3n) is 4.34. The normalized spacial score (nSPS) is 17.9. The number of hydrogen-bond donors (Lipinski definition) is 1. The number of benzene rings is 1. The van der Waals surface area contributed by atoms with Gasteiger partial charge in [-0.1, -0.05) is 49.6 Å². The average molecular weight is 267 g/mol. The molecule has 0 bridgehead atoms. The number of rotatable bonds is 2. The number of aryl methyl sites for hydroxylation is 1. The maximum atomic E-state index is 5.95. The molecular formula is C17H21N3. The zero-order valence-corrected chi connectivity index (χ0v) is 12.0. The Kier molecular flexibility index (Phi) is 3.43. The van der Waals surface area contributed by atoms with Gasteiger partial charge in [-0.15, -0.1) is 0 Å². The first kappa shape index (κ1) is 13.1. The van der Waals surface area contributed by atoms with Crippen molar-refractivity contribution in [3.8, 4) is 0 Å². The summed E-state index contributed by atoms with van der Waals surface area (Å²) in [6, 6.07) is 12.5. The second-order valence-corrected chi connectivity index (χ2v) is 5.77. The number of aromatic nitrogens is 2. The topological polar surface area (TPSA) is 51.8 Å². The molecule has 1 fully saturated rings. The van der Waals surface area contributed by atoms with Gasteiger partial charge in [-0.05, 0) is 25.3 Å². The lowest BCUT2D eigenvalue weighted by Crippen LogP contribution is -2.33. The number of hydrogen-bond acceptors (Lipinski definition) is 3. The van der Waals surface area contributed by atoms with Crippen LogP contribution in [-0.2, 0) is 5.41 Å². The molecule has 2 aromatic rings. The molecule has 104 valence electrons. The summed E-state index contributed by atoms with van der Waals surface area (Å²) >= 11 is 0. The zero-order valence-electron chi connectivity index (χ0n) is 12.0. The molecule has 0 spiro atoms. The predicted octanol–water partition coefficient (Wildman–Crippen LogP) is 3.62. The van der Waals surface area contributed by atoms with Crippen molar-refractivity contribution < 1.29 is 0 Å². The van der Waals surface area contributed by atoms with Gasteiger partial charge in [0, 0.05) is 11.8 Å². The van der Waals surface area contributed by atoms with Crippen LogP contribution in [0.3, 0.4) is 0 Å². The molecule has 0 radical (unpaired) electrons. The van der Waals surface area contributed by atoms with E-state index >= 15 is 0 Å². The molecule has 20 heavy (non-hydrogen) atoms. The second kappa shape index (κ2) is 5.23. The van der Waals surface area contributed by atoms with Crippen LogP contribution < -0.4 is 5.73 Å². The largest absolute Gasteiger partial charge is 0.384 e. The minimum absolute atomic E-state index is 0.0559. The van der Waals surface area contributed by atoms with Gasteiger partial charge in [0.25, 0.3) is 0 Å². The predicted molar refractivity (Wildman–Crippen MR) is 81.5 cm³/mol. The summed E-state index contributed by atoms with van der Waals surface area (Å²) in [5, 5.41) is 0. The van der Waals surface area contributed by atoms with Crippen LogP contribution >= 0.6 is 0 Å². The fraction of sp³-hybridized carbons (Fsp3) is 0.412. The molecule has 1 aromatic heterocycles. The van der Waals surface area contributed by atoms with Gasteiger partial charge in [0.2, 0.25) is 0 Å². The van der Waals surface area contributed by atoms with Gasteiger partial charge in [-0.25, -0.2) is 9.97 Å². The van der Waals surface area contributed by atoms with Crippen LogP contribution in [-0.4, -0.2) is 9.97 Å². The minimum Gasteiger partial charge on any atom is -0.384 e. The molecule has 3 rings (SSSR count). The third kappa shape index (κ3) is 2.28. The highest BCUT2D eigenvalue weighted by molar-refractivity contribution is 5.38. The molecular weight excluding hydrogens is 246 g/mol. The summed E-state index contributed by atoms with van der Waals surface area (Å²) in [6.07, 6.45) is 5.98. The minimum atomic E-state index is -0.0559. The van der Waals surface area contributed by atoms with Crippen molar-refractivity contribution in [2.24, 2.45) is 0 Å². The maximum Gasteiger partial charge on any atom is 0.141 e. The quantitative estimate of drug-likeness (QED) is 0.904. The Morgan fingerprint density at radius 2 is 1.70 bits per heavy atom. The molecule has 3 nitrogen and oxygen atoms in total. The molecule has 1 aromatic carbocycles. The standard InChI is InChI=1S/C17H21N3/c1-13-12-15(18)20-16(19-13)17(10-6-3-7-11-17)14-8-4-2-5-9-14/h2,4-5,8-9,12H,3,6-7,10-11H2,1H3,(H2,18,19,20). The second-order valence-electron chi connectivity index (χ2n) is 5.77. The van der Waals surface area contributed by atoms with Crippen molar-refractivity contribution in [2.75, 3.05) is 5.73 Å². The highest BCUT2D eigenvalue weighted by Crippen LogP contribution is 2.43. The van der Waals surface area contributed by atoms with Crippen molar-refractivity contribution in [3.63, 3.8) is 0 Å². The Hall–Kier alpha value is -1.90. The first-order valence-corrected chi connectivity index (χ1v) is 7.38. The summed E-state index contributed by atoms with van der Waals surface area (Å²) in [7, 11) is 0. The summed E-state index contributed by atoms with van der Waals surface area (Å²) < 4.78 is 0. The Bertz CT molecular complexity index is 566. The lowest BCUT2D eigenvalue weighted by atomic mass is 9.68. The average Bonchev–Trinajstić information content (AvgIpc) is 2.48. The van der Waals surface area contributed by atoms with E-state index in [4.69, 9.17) is 10.7 Å². The van der Waals surface area contributed by atoms with Gasteiger partial charge in [0.1, 0.15) is 11.6 Å². The number of nitrogen functional groups attached to an aromatic ring is 1. The van der Waals surface area contributed by atoms with Crippen molar-refractivity contribution in [1.82, 2.24) is 9.97 Å². The van der Waals surface area contributed by atoms with E-state index in [0.717, 1.165) is 24.4 Å². The summed E-state index contributed by atoms with van der Waals surface area (Å²) in [4.78, 5) is 9.29. The molecule has 0 amide bonds. The third-order valence-corrected chi connectivity index (χ3v) is 4.34. The fourth-order valence-corrected chi connectivity index (χ4v) is 3.36. The smallest absolute Gasteiger partial charge is 0.141 e. The lowest BCUT2D eigenvalue weighted by Gasteiger charge is -2.36. The first-order valence-electron chi connectivity index (χ1n) is 7.38. The van der Waals surface area contributed by atoms with Crippen LogP contribution in [0.4, 0.5) is 5.82 Å². The number of nitrogens with zero attached hydrogens (tertiary/aromatic N) is 2. The Balaban J connectivity index is 2.15. The molecule has 1 saturated carbocycles. The summed E-state index contributed by atoms with van der Waals surface area (Å²) in [5.41, 5.74) is 8.17. The van der Waals surface area contributed by atoms with E-state index in [-0.39, 0.29) is 5.41 Å². The monoisotopic (exact) mass is 267 g/mol. The van der Waals surface area contributed by atoms with Crippen LogP contribution in [0.15, 0.2) is 36.4 Å². The van der Waals surface area contributed by atoms with Gasteiger partial charge in [0.15, 0.2) is 0 Å². The van der Waals surface area contributed by atoms with Crippen LogP contribution in [0, 0.1) is 6.92 Å². The zero-order chi connectivity index (χ0) is 14.0. The Labute approximate surface area is 120 Å². The van der Waals surface area contributed by atoms with Gasteiger partial charge in [-0.3, -0.25) is 0 Å². The van der Waals surface area contributed by atoms with E-state index < -0.39 is 0 Å². The van der Waals surface area contributed by atoms with Gasteiger partial charge < -0.3 is 5.73 Å². The van der Waals surface area contributed by atoms with Gasteiger partial charge >= 0.3 is 0 Å². The SMILES string of the molecule is Cc1cc(N)nc(C2(c3ccccc3)CCCCC2)n1. The fourth-order valence-electron chi connectivity index (χ4n) is 3.36. The van der Waals surface area contributed by atoms with Gasteiger partial charge in [-0.2, -0.15) is 0 Å². The molecule has 0 aliphatic heterocycles. The van der Waals surface area contributed by atoms with E-state index in [1.165, 1.54) is 24.8 Å². The molecule has 0 saturated heterocycles. The number of anilines is 1. The van der Waals surface area contributed by atoms with E-state index in [1.54, 1.807) is 0 Å². The van der Waals surface area contributed by atoms with Crippen molar-refractivity contribution in [3.05, 3.63) is 53.5 Å². The van der Waals surface area contributed by atoms with Crippen LogP contribution in [0.5, 0.6) is 0 Å². The molecule has 0 unspecified atom stereocenters. The molecule has 0 atom stereocenters. The lowest BCUT2D eigenvalue weighted by molar-refractivity contribution is 0.330. The van der Waals surface area contributed by atoms with Crippen molar-refractivity contribution in [1.29, 1.82) is 0 Å². The highest BCUT2D eigenvalue weighted by atomic mass is 15.0. The Morgan fingerprint density at radius 1 is 1.00 bits per heavy atom. The summed E-state index contributed by atoms with van der Waals surface area (Å²) in [5.74, 6) is 1.48. The number of nitrogens with two attached hydrogens (primary N) is 1. The molecule has 2 N–H and O–H groups in total. The van der Waals surface area contributed by atoms with Crippen LogP contribution in [0.2, 0.25) is 0 Å². The maximum absolute atomic E-state index is 5.95. The van der Waals surface area contributed by atoms with Gasteiger partial charge in [0.05, 0.1) is 5.41 Å². The highest BCUT2D eigenvalue weighted by Gasteiger charge is 2.38. The molecule has 1 heterocycles. The van der Waals surface area contributed by atoms with E-state index in [2.05, 4.69) is 35.3 Å². The van der Waals surface area contributed by atoms with E-state index in [9.17, 15) is 0 Å². The van der Waals surface area contributed by atoms with E-state index in [0.29, 0.717) is 5.82 Å². The molecule has 1 aliphatic rings. The molecule has 1 aliphatic carbocycles. The van der Waals surface area contributed by atoms with Crippen molar-refractivity contribution in [2.45, 2.75) is 44.4 Å². The Morgan fingerprint density at radius 3 is 2.35 bits per heavy atom. The van der Waals surface area contributed by atoms with Crippen LogP contribution in [0.25, 0.3) is 0 Å². The van der Waals surface area contributed by atoms with Crippen LogP contribution in [0.1, 0.15) is 49.2 Å². The molecule has 3 heteroatoms. The summed E-state index contributed by atoms with van der Waals surface area (Å²) in [6.45, 7) is 1.99.